The highest BCUT2D eigenvalue weighted by Crippen LogP contribution is 2.36. The highest BCUT2D eigenvalue weighted by atomic mass is 32.2. The minimum absolute atomic E-state index is 0.0399. The molecule has 1 fully saturated rings. The van der Waals surface area contributed by atoms with Crippen molar-refractivity contribution in [1.29, 1.82) is 0 Å². The fourth-order valence-corrected chi connectivity index (χ4v) is 5.45. The Balaban J connectivity index is 1.53. The van der Waals surface area contributed by atoms with Gasteiger partial charge >= 0.3 is 0 Å². The molecule has 2 atom stereocenters. The standard InChI is InChI=1S/C19H20N2O4S2/c22-17(10-26-11-18(23)24)20-7-12-6-13(9-20)15-4-3-14(16-2-1-5-27-16)19(25)21(15)8-12/h1-5,12-13H,6-11H2,(H,23,24)/p-1/t12-,13+/m0/s1. The fraction of sp³-hybridized carbons (Fsp3) is 0.421. The summed E-state index contributed by atoms with van der Waals surface area (Å²) in [4.78, 5) is 38.7. The Morgan fingerprint density at radius 3 is 2.78 bits per heavy atom. The molecule has 142 valence electrons. The van der Waals surface area contributed by atoms with E-state index in [1.54, 1.807) is 11.3 Å². The van der Waals surface area contributed by atoms with E-state index in [-0.39, 0.29) is 34.8 Å². The number of likely N-dealkylation sites (tertiary alicyclic amines) is 1. The SMILES string of the molecule is O=C([O-])CSCC(=O)N1C[C@@H]2C[C@H](C1)c1ccc(-c3cccs3)c(=O)n1C2. The van der Waals surface area contributed by atoms with E-state index in [4.69, 9.17) is 0 Å². The van der Waals surface area contributed by atoms with E-state index in [2.05, 4.69) is 0 Å². The third-order valence-corrected chi connectivity index (χ3v) is 6.98. The molecule has 0 spiro atoms. The van der Waals surface area contributed by atoms with Gasteiger partial charge in [0.25, 0.3) is 5.56 Å². The molecular formula is C19H19N2O4S2-. The molecule has 0 aromatic carbocycles. The van der Waals surface area contributed by atoms with Gasteiger partial charge in [0, 0.05) is 41.9 Å². The molecule has 0 N–H and O–H groups in total. The lowest BCUT2D eigenvalue weighted by molar-refractivity contribution is -0.301. The van der Waals surface area contributed by atoms with Crippen LogP contribution in [-0.2, 0) is 16.1 Å². The molecule has 0 unspecified atom stereocenters. The molecule has 2 bridgehead atoms. The Labute approximate surface area is 164 Å². The second kappa shape index (κ2) is 7.52. The third kappa shape index (κ3) is 3.68. The van der Waals surface area contributed by atoms with Gasteiger partial charge in [-0.15, -0.1) is 23.1 Å². The Morgan fingerprint density at radius 2 is 2.04 bits per heavy atom. The summed E-state index contributed by atoms with van der Waals surface area (Å²) in [5.74, 6) is -0.811. The molecule has 2 aliphatic rings. The average molecular weight is 404 g/mol. The monoisotopic (exact) mass is 403 g/mol. The van der Waals surface area contributed by atoms with Gasteiger partial charge in [0.15, 0.2) is 0 Å². The van der Waals surface area contributed by atoms with Crippen LogP contribution in [0.3, 0.4) is 0 Å². The zero-order valence-corrected chi connectivity index (χ0v) is 16.3. The van der Waals surface area contributed by atoms with Crippen molar-refractivity contribution in [3.05, 3.63) is 45.7 Å². The number of carbonyl (C=O) groups excluding carboxylic acids is 2. The molecule has 27 heavy (non-hydrogen) atoms. The fourth-order valence-electron chi connectivity index (χ4n) is 4.08. The average Bonchev–Trinajstić information content (AvgIpc) is 3.16. The van der Waals surface area contributed by atoms with Crippen LogP contribution in [-0.4, -0.2) is 45.9 Å². The number of hydrogen-bond donors (Lipinski definition) is 0. The number of aromatic nitrogens is 1. The molecule has 0 aliphatic carbocycles. The van der Waals surface area contributed by atoms with Crippen LogP contribution in [0.25, 0.3) is 10.4 Å². The van der Waals surface area contributed by atoms with Crippen LogP contribution in [0.2, 0.25) is 0 Å². The van der Waals surface area contributed by atoms with E-state index in [9.17, 15) is 19.5 Å². The summed E-state index contributed by atoms with van der Waals surface area (Å²) in [6, 6.07) is 7.83. The summed E-state index contributed by atoms with van der Waals surface area (Å²) in [7, 11) is 0. The molecule has 1 amide bonds. The first-order valence-corrected chi connectivity index (χ1v) is 10.9. The van der Waals surface area contributed by atoms with Crippen LogP contribution in [0.15, 0.2) is 34.4 Å². The molecule has 6 nitrogen and oxygen atoms in total. The van der Waals surface area contributed by atoms with Crippen molar-refractivity contribution >= 4 is 35.0 Å². The van der Waals surface area contributed by atoms with Crippen LogP contribution >= 0.6 is 23.1 Å². The number of thiophene rings is 1. The number of fused-ring (bicyclic) bond motifs is 4. The van der Waals surface area contributed by atoms with Crippen molar-refractivity contribution in [2.75, 3.05) is 24.6 Å². The Bertz CT molecular complexity index is 922. The zero-order chi connectivity index (χ0) is 19.0. The number of carboxylic acids is 1. The Morgan fingerprint density at radius 1 is 1.19 bits per heavy atom. The number of aliphatic carboxylic acids is 1. The van der Waals surface area contributed by atoms with Crippen molar-refractivity contribution < 1.29 is 14.7 Å². The number of amides is 1. The van der Waals surface area contributed by atoms with Crippen molar-refractivity contribution in [3.63, 3.8) is 0 Å². The summed E-state index contributed by atoms with van der Waals surface area (Å²) >= 11 is 2.63. The maximum absolute atomic E-state index is 13.0. The number of thioether (sulfide) groups is 1. The van der Waals surface area contributed by atoms with Crippen LogP contribution < -0.4 is 10.7 Å². The Hall–Kier alpha value is -2.06. The van der Waals surface area contributed by atoms with Gasteiger partial charge in [-0.1, -0.05) is 6.07 Å². The van der Waals surface area contributed by atoms with Crippen LogP contribution in [0.4, 0.5) is 0 Å². The molecular weight excluding hydrogens is 384 g/mol. The molecule has 2 aromatic heterocycles. The van der Waals surface area contributed by atoms with Crippen LogP contribution in [0.5, 0.6) is 0 Å². The van der Waals surface area contributed by atoms with Gasteiger partial charge in [0.2, 0.25) is 5.91 Å². The predicted octanol–water partition coefficient (Wildman–Crippen LogP) is 1.01. The molecule has 2 aromatic rings. The summed E-state index contributed by atoms with van der Waals surface area (Å²) in [5.41, 5.74) is 1.78. The number of hydrogen-bond acceptors (Lipinski definition) is 6. The highest BCUT2D eigenvalue weighted by Gasteiger charge is 2.36. The molecule has 4 rings (SSSR count). The molecule has 8 heteroatoms. The van der Waals surface area contributed by atoms with Crippen molar-refractivity contribution in [2.24, 2.45) is 5.92 Å². The number of carboxylic acid groups (broad SMARTS) is 1. The normalized spacial score (nSPS) is 21.0. The summed E-state index contributed by atoms with van der Waals surface area (Å²) in [6.45, 7) is 1.83. The quantitative estimate of drug-likeness (QED) is 0.744. The molecule has 0 radical (unpaired) electrons. The van der Waals surface area contributed by atoms with Gasteiger partial charge in [0.1, 0.15) is 0 Å². The van der Waals surface area contributed by atoms with E-state index >= 15 is 0 Å². The van der Waals surface area contributed by atoms with Crippen molar-refractivity contribution in [1.82, 2.24) is 9.47 Å². The number of piperidine rings is 1. The lowest BCUT2D eigenvalue weighted by Gasteiger charge is -2.43. The predicted molar refractivity (Wildman–Crippen MR) is 104 cm³/mol. The van der Waals surface area contributed by atoms with Gasteiger partial charge < -0.3 is 19.4 Å². The van der Waals surface area contributed by atoms with E-state index in [0.717, 1.165) is 34.3 Å². The van der Waals surface area contributed by atoms with Gasteiger partial charge in [-0.3, -0.25) is 9.59 Å². The van der Waals surface area contributed by atoms with Gasteiger partial charge in [-0.05, 0) is 35.9 Å². The van der Waals surface area contributed by atoms with Crippen molar-refractivity contribution in [3.8, 4) is 10.4 Å². The van der Waals surface area contributed by atoms with Gasteiger partial charge in [0.05, 0.1) is 17.3 Å². The largest absolute Gasteiger partial charge is 0.549 e. The topological polar surface area (TPSA) is 82.4 Å². The molecule has 2 aliphatic heterocycles. The highest BCUT2D eigenvalue weighted by molar-refractivity contribution is 8.00. The Kier molecular flexibility index (Phi) is 5.10. The maximum Gasteiger partial charge on any atom is 0.259 e. The number of rotatable bonds is 5. The van der Waals surface area contributed by atoms with Gasteiger partial charge in [-0.25, -0.2) is 0 Å². The second-order valence-electron chi connectivity index (χ2n) is 7.03. The van der Waals surface area contributed by atoms with E-state index in [1.807, 2.05) is 39.1 Å². The van der Waals surface area contributed by atoms with E-state index in [1.165, 1.54) is 0 Å². The van der Waals surface area contributed by atoms with Crippen molar-refractivity contribution in [2.45, 2.75) is 18.9 Å². The molecule has 0 saturated carbocycles. The summed E-state index contributed by atoms with van der Waals surface area (Å²) in [5, 5.41) is 12.5. The first-order chi connectivity index (χ1) is 13.0. The third-order valence-electron chi connectivity index (χ3n) is 5.19. The molecule has 4 heterocycles. The first-order valence-electron chi connectivity index (χ1n) is 8.86. The number of nitrogens with zero attached hydrogens (tertiary/aromatic N) is 2. The summed E-state index contributed by atoms with van der Waals surface area (Å²) in [6.07, 6.45) is 0.980. The first kappa shape index (κ1) is 18.3. The lowest BCUT2D eigenvalue weighted by Crippen LogP contribution is -2.49. The van der Waals surface area contributed by atoms with Crippen LogP contribution in [0.1, 0.15) is 18.0 Å². The van der Waals surface area contributed by atoms with E-state index < -0.39 is 5.97 Å². The van der Waals surface area contributed by atoms with Crippen LogP contribution in [0, 0.1) is 5.92 Å². The second-order valence-corrected chi connectivity index (χ2v) is 8.96. The van der Waals surface area contributed by atoms with Gasteiger partial charge in [-0.2, -0.15) is 0 Å². The smallest absolute Gasteiger partial charge is 0.259 e. The molecule has 1 saturated heterocycles. The minimum atomic E-state index is -1.15. The lowest BCUT2D eigenvalue weighted by atomic mass is 9.83. The maximum atomic E-state index is 13.0. The summed E-state index contributed by atoms with van der Waals surface area (Å²) < 4.78 is 1.89. The number of carbonyl (C=O) groups is 2. The minimum Gasteiger partial charge on any atom is -0.549 e. The van der Waals surface area contributed by atoms with E-state index in [0.29, 0.717) is 19.6 Å². The zero-order valence-electron chi connectivity index (χ0n) is 14.6. The number of pyridine rings is 1.